The molecule has 3 N–H and O–H groups in total. The van der Waals surface area contributed by atoms with Crippen LogP contribution in [0.3, 0.4) is 0 Å². The maximum Gasteiger partial charge on any atom is 0.222 e. The zero-order chi connectivity index (χ0) is 12.0. The molecule has 0 saturated carbocycles. The molecule has 0 aliphatic rings. The van der Waals surface area contributed by atoms with E-state index in [9.17, 15) is 4.79 Å². The van der Waals surface area contributed by atoms with Crippen LogP contribution in [0.5, 0.6) is 0 Å². The van der Waals surface area contributed by atoms with E-state index in [0.717, 1.165) is 5.56 Å². The molecule has 1 aromatic rings. The van der Waals surface area contributed by atoms with E-state index in [1.54, 1.807) is 0 Å². The Kier molecular flexibility index (Phi) is 7.63. The van der Waals surface area contributed by atoms with Crippen molar-refractivity contribution in [1.82, 2.24) is 5.32 Å². The second-order valence-corrected chi connectivity index (χ2v) is 4.05. The maximum absolute atomic E-state index is 11.4. The number of hydrogen-bond donors (Lipinski definition) is 2. The Bertz CT molecular complexity index is 368. The van der Waals surface area contributed by atoms with Gasteiger partial charge in [-0.3, -0.25) is 4.79 Å². The summed E-state index contributed by atoms with van der Waals surface area (Å²) in [6, 6.07) is 9.22. The lowest BCUT2D eigenvalue weighted by atomic mass is 10.0. The lowest BCUT2D eigenvalue weighted by Crippen LogP contribution is -2.28. The molecule has 1 aromatic carbocycles. The third kappa shape index (κ3) is 6.31. The summed E-state index contributed by atoms with van der Waals surface area (Å²) in [6.45, 7) is 3.76. The number of nitrogens with one attached hydrogen (secondary N) is 1. The second-order valence-electron chi connectivity index (χ2n) is 3.52. The summed E-state index contributed by atoms with van der Waals surface area (Å²) < 4.78 is 0. The van der Waals surface area contributed by atoms with Crippen LogP contribution in [0, 0.1) is 0 Å². The molecule has 94 valence electrons. The molecule has 0 bridgehead atoms. The molecule has 0 heterocycles. The predicted octanol–water partition coefficient (Wildman–Crippen LogP) is 2.37. The number of nitrogens with two attached hydrogens (primary N) is 1. The molecule has 0 radical (unpaired) electrons. The van der Waals surface area contributed by atoms with Gasteiger partial charge in [0.2, 0.25) is 5.91 Å². The Labute approximate surface area is 112 Å². The molecule has 17 heavy (non-hydrogen) atoms. The number of carbonyl (C=O) groups excluding carboxylic acids is 1. The first-order chi connectivity index (χ1) is 7.59. The highest BCUT2D eigenvalue weighted by Crippen LogP contribution is 2.12. The first-order valence-electron chi connectivity index (χ1n) is 5.00. The Morgan fingerprint density at radius 1 is 1.41 bits per heavy atom. The third-order valence-electron chi connectivity index (χ3n) is 2.11. The van der Waals surface area contributed by atoms with Crippen LogP contribution in [0.15, 0.2) is 41.9 Å². The Balaban J connectivity index is 0.00000256. The minimum atomic E-state index is -0.287. The largest absolute Gasteiger partial charge is 0.351 e. The second kappa shape index (κ2) is 8.12. The number of halogens is 2. The monoisotopic (exact) mass is 274 g/mol. The SMILES string of the molecule is C=C(Cl)CNC(=O)CC(N)c1ccccc1.Cl. The summed E-state index contributed by atoms with van der Waals surface area (Å²) in [5, 5.41) is 3.04. The predicted molar refractivity (Wildman–Crippen MR) is 73.2 cm³/mol. The molecule has 1 amide bonds. The summed E-state index contributed by atoms with van der Waals surface area (Å²) in [5.74, 6) is -0.127. The van der Waals surface area contributed by atoms with E-state index in [4.69, 9.17) is 17.3 Å². The Morgan fingerprint density at radius 2 is 2.00 bits per heavy atom. The van der Waals surface area contributed by atoms with Crippen LogP contribution < -0.4 is 11.1 Å². The van der Waals surface area contributed by atoms with Crippen LogP contribution in [0.4, 0.5) is 0 Å². The van der Waals surface area contributed by atoms with E-state index in [1.165, 1.54) is 0 Å². The lowest BCUT2D eigenvalue weighted by Gasteiger charge is -2.11. The van der Waals surface area contributed by atoms with Crippen LogP contribution in [0.1, 0.15) is 18.0 Å². The molecular weight excluding hydrogens is 259 g/mol. The highest BCUT2D eigenvalue weighted by Gasteiger charge is 2.10. The lowest BCUT2D eigenvalue weighted by molar-refractivity contribution is -0.121. The van der Waals surface area contributed by atoms with Gasteiger partial charge in [0.1, 0.15) is 0 Å². The molecule has 1 atom stereocenters. The number of hydrogen-bond acceptors (Lipinski definition) is 2. The van der Waals surface area contributed by atoms with E-state index in [1.807, 2.05) is 30.3 Å². The normalized spacial score (nSPS) is 11.2. The Hall–Kier alpha value is -1.03. The highest BCUT2D eigenvalue weighted by atomic mass is 35.5. The summed E-state index contributed by atoms with van der Waals surface area (Å²) in [4.78, 5) is 11.4. The molecular formula is C12H16Cl2N2O. The van der Waals surface area contributed by atoms with Crippen molar-refractivity contribution in [3.8, 4) is 0 Å². The summed E-state index contributed by atoms with van der Waals surface area (Å²) >= 11 is 5.53. The minimum absolute atomic E-state index is 0. The zero-order valence-corrected chi connectivity index (χ0v) is 10.9. The van der Waals surface area contributed by atoms with E-state index in [-0.39, 0.29) is 37.3 Å². The standard InChI is InChI=1S/C12H15ClN2O.ClH/c1-9(13)8-15-12(16)7-11(14)10-5-3-2-4-6-10;/h2-6,11H,1,7-8,14H2,(H,15,16);1H. The zero-order valence-electron chi connectivity index (χ0n) is 9.36. The van der Waals surface area contributed by atoms with Crippen molar-refractivity contribution in [3.05, 3.63) is 47.5 Å². The molecule has 0 fully saturated rings. The average Bonchev–Trinajstić information content (AvgIpc) is 2.27. The highest BCUT2D eigenvalue weighted by molar-refractivity contribution is 6.29. The van der Waals surface area contributed by atoms with Crippen LogP contribution in [0.2, 0.25) is 0 Å². The summed E-state index contributed by atoms with van der Waals surface area (Å²) in [7, 11) is 0. The van der Waals surface area contributed by atoms with Gasteiger partial charge >= 0.3 is 0 Å². The van der Waals surface area contributed by atoms with Crippen molar-refractivity contribution in [2.45, 2.75) is 12.5 Å². The van der Waals surface area contributed by atoms with Crippen LogP contribution in [-0.2, 0) is 4.79 Å². The fourth-order valence-corrected chi connectivity index (χ4v) is 1.35. The Morgan fingerprint density at radius 3 is 2.53 bits per heavy atom. The van der Waals surface area contributed by atoms with Gasteiger partial charge in [0.15, 0.2) is 0 Å². The first-order valence-corrected chi connectivity index (χ1v) is 5.38. The maximum atomic E-state index is 11.4. The average molecular weight is 275 g/mol. The molecule has 1 unspecified atom stereocenters. The van der Waals surface area contributed by atoms with Gasteiger partial charge < -0.3 is 11.1 Å². The van der Waals surface area contributed by atoms with Gasteiger partial charge in [-0.15, -0.1) is 12.4 Å². The van der Waals surface area contributed by atoms with Crippen molar-refractivity contribution in [1.29, 1.82) is 0 Å². The molecule has 0 aromatic heterocycles. The summed E-state index contributed by atoms with van der Waals surface area (Å²) in [6.07, 6.45) is 0.244. The fraction of sp³-hybridized carbons (Fsp3) is 0.250. The molecule has 1 rings (SSSR count). The minimum Gasteiger partial charge on any atom is -0.351 e. The van der Waals surface area contributed by atoms with E-state index < -0.39 is 0 Å². The number of carbonyl (C=O) groups is 1. The van der Waals surface area contributed by atoms with Gasteiger partial charge in [0.25, 0.3) is 0 Å². The van der Waals surface area contributed by atoms with Gasteiger partial charge in [-0.05, 0) is 5.56 Å². The summed E-state index contributed by atoms with van der Waals surface area (Å²) in [5.41, 5.74) is 6.83. The molecule has 3 nitrogen and oxygen atoms in total. The van der Waals surface area contributed by atoms with Gasteiger partial charge in [-0.2, -0.15) is 0 Å². The topological polar surface area (TPSA) is 55.1 Å². The third-order valence-corrected chi connectivity index (χ3v) is 2.24. The fourth-order valence-electron chi connectivity index (χ4n) is 1.28. The van der Waals surface area contributed by atoms with Crippen molar-refractivity contribution in [2.75, 3.05) is 6.54 Å². The van der Waals surface area contributed by atoms with Gasteiger partial charge in [0.05, 0.1) is 6.54 Å². The smallest absolute Gasteiger partial charge is 0.222 e. The molecule has 0 spiro atoms. The van der Waals surface area contributed by atoms with Gasteiger partial charge in [-0.1, -0.05) is 48.5 Å². The number of benzene rings is 1. The van der Waals surface area contributed by atoms with Crippen molar-refractivity contribution in [3.63, 3.8) is 0 Å². The molecule has 0 saturated heterocycles. The van der Waals surface area contributed by atoms with Crippen molar-refractivity contribution >= 4 is 29.9 Å². The van der Waals surface area contributed by atoms with Crippen LogP contribution >= 0.6 is 24.0 Å². The van der Waals surface area contributed by atoms with Crippen molar-refractivity contribution in [2.24, 2.45) is 5.73 Å². The number of rotatable bonds is 5. The van der Waals surface area contributed by atoms with Crippen LogP contribution in [-0.4, -0.2) is 12.5 Å². The van der Waals surface area contributed by atoms with E-state index in [0.29, 0.717) is 5.03 Å². The van der Waals surface area contributed by atoms with E-state index >= 15 is 0 Å². The number of amides is 1. The molecule has 0 aliphatic carbocycles. The molecule has 5 heteroatoms. The van der Waals surface area contributed by atoms with Crippen LogP contribution in [0.25, 0.3) is 0 Å². The van der Waals surface area contributed by atoms with Gasteiger partial charge in [-0.25, -0.2) is 0 Å². The van der Waals surface area contributed by atoms with E-state index in [2.05, 4.69) is 11.9 Å². The molecule has 0 aliphatic heterocycles. The van der Waals surface area contributed by atoms with Gasteiger partial charge in [0, 0.05) is 17.5 Å². The quantitative estimate of drug-likeness (QED) is 0.866. The van der Waals surface area contributed by atoms with Crippen molar-refractivity contribution < 1.29 is 4.79 Å². The first kappa shape index (κ1) is 16.0.